The van der Waals surface area contributed by atoms with Crippen molar-refractivity contribution in [3.63, 3.8) is 0 Å². The van der Waals surface area contributed by atoms with Gasteiger partial charge in [-0.1, -0.05) is 18.2 Å². The normalized spacial score (nSPS) is 9.67. The summed E-state index contributed by atoms with van der Waals surface area (Å²) in [4.78, 5) is 13.7. The Bertz CT molecular complexity index is 619. The minimum Gasteiger partial charge on any atom is -0.494 e. The van der Waals surface area contributed by atoms with Crippen molar-refractivity contribution in [1.29, 1.82) is 0 Å². The summed E-state index contributed by atoms with van der Waals surface area (Å²) >= 11 is 0. The predicted octanol–water partition coefficient (Wildman–Crippen LogP) is 3.47. The van der Waals surface area contributed by atoms with Gasteiger partial charge in [-0.25, -0.2) is 9.18 Å². The molecule has 0 heterocycles. The number of methoxy groups -OCH3 is 1. The molecule has 0 amide bonds. The van der Waals surface area contributed by atoms with E-state index in [9.17, 15) is 9.18 Å². The topological polar surface area (TPSA) is 38.7 Å². The average Bonchev–Trinajstić information content (AvgIpc) is 2.39. The number of aliphatic imine (C=N–C) groups is 1. The van der Waals surface area contributed by atoms with Crippen LogP contribution in [-0.2, 0) is 4.79 Å². The summed E-state index contributed by atoms with van der Waals surface area (Å²) < 4.78 is 18.4. The zero-order valence-electron chi connectivity index (χ0n) is 9.68. The molecule has 3 nitrogen and oxygen atoms in total. The lowest BCUT2D eigenvalue weighted by Gasteiger charge is -2.05. The second kappa shape index (κ2) is 5.25. The zero-order valence-corrected chi connectivity index (χ0v) is 9.68. The van der Waals surface area contributed by atoms with Crippen molar-refractivity contribution in [3.05, 3.63) is 48.3 Å². The Morgan fingerprint density at radius 1 is 1.17 bits per heavy atom. The van der Waals surface area contributed by atoms with Gasteiger partial charge in [0.15, 0.2) is 11.6 Å². The molecule has 2 rings (SSSR count). The number of benzene rings is 2. The maximum absolute atomic E-state index is 13.6. The van der Waals surface area contributed by atoms with Crippen LogP contribution in [0.3, 0.4) is 0 Å². The van der Waals surface area contributed by atoms with Crippen molar-refractivity contribution in [2.45, 2.75) is 0 Å². The van der Waals surface area contributed by atoms with Gasteiger partial charge in [-0.3, -0.25) is 0 Å². The van der Waals surface area contributed by atoms with Crippen LogP contribution in [-0.4, -0.2) is 13.2 Å². The fourth-order valence-corrected chi connectivity index (χ4v) is 1.65. The van der Waals surface area contributed by atoms with Crippen LogP contribution in [0.5, 0.6) is 5.75 Å². The first-order valence-electron chi connectivity index (χ1n) is 5.26. The molecule has 0 fully saturated rings. The Morgan fingerprint density at radius 3 is 2.61 bits per heavy atom. The van der Waals surface area contributed by atoms with E-state index in [4.69, 9.17) is 4.74 Å². The Kier molecular flexibility index (Phi) is 3.51. The average molecular weight is 243 g/mol. The number of isocyanates is 1. The summed E-state index contributed by atoms with van der Waals surface area (Å²) in [7, 11) is 1.41. The highest BCUT2D eigenvalue weighted by molar-refractivity contribution is 5.68. The molecule has 0 aliphatic heterocycles. The molecular formula is C14H10FNO2. The van der Waals surface area contributed by atoms with Crippen LogP contribution >= 0.6 is 0 Å². The lowest BCUT2D eigenvalue weighted by Crippen LogP contribution is -1.88. The quantitative estimate of drug-likeness (QED) is 0.611. The molecule has 0 atom stereocenters. The lowest BCUT2D eigenvalue weighted by atomic mass is 10.0. The van der Waals surface area contributed by atoms with Crippen molar-refractivity contribution < 1.29 is 13.9 Å². The number of carbonyl (C=O) groups excluding carboxylic acids is 1. The number of nitrogens with zero attached hydrogens (tertiary/aromatic N) is 1. The fourth-order valence-electron chi connectivity index (χ4n) is 1.65. The molecule has 0 radical (unpaired) electrons. The third kappa shape index (κ3) is 2.44. The minimum atomic E-state index is -0.431. The predicted molar refractivity (Wildman–Crippen MR) is 66.2 cm³/mol. The number of hydrogen-bond acceptors (Lipinski definition) is 3. The molecule has 0 bridgehead atoms. The van der Waals surface area contributed by atoms with Crippen LogP contribution in [0.2, 0.25) is 0 Å². The maximum atomic E-state index is 13.6. The molecule has 0 aliphatic carbocycles. The molecule has 18 heavy (non-hydrogen) atoms. The van der Waals surface area contributed by atoms with Crippen molar-refractivity contribution in [2.75, 3.05) is 7.11 Å². The van der Waals surface area contributed by atoms with E-state index in [0.29, 0.717) is 11.3 Å². The van der Waals surface area contributed by atoms with Crippen LogP contribution in [0.4, 0.5) is 10.1 Å². The SMILES string of the molecule is COc1ccc(-c2cccc(N=C=O)c2)cc1F. The highest BCUT2D eigenvalue weighted by Gasteiger charge is 2.05. The Labute approximate surface area is 104 Å². The van der Waals surface area contributed by atoms with E-state index < -0.39 is 5.82 Å². The third-order valence-corrected chi connectivity index (χ3v) is 2.51. The summed E-state index contributed by atoms with van der Waals surface area (Å²) in [6.45, 7) is 0. The molecule has 4 heteroatoms. The molecule has 0 saturated carbocycles. The summed E-state index contributed by atoms with van der Waals surface area (Å²) in [5.74, 6) is -0.236. The molecule has 0 N–H and O–H groups in total. The van der Waals surface area contributed by atoms with Gasteiger partial charge in [0, 0.05) is 0 Å². The van der Waals surface area contributed by atoms with Crippen LogP contribution in [0.25, 0.3) is 11.1 Å². The van der Waals surface area contributed by atoms with Crippen molar-refractivity contribution >= 4 is 11.8 Å². The van der Waals surface area contributed by atoms with Crippen LogP contribution in [0, 0.1) is 5.82 Å². The first-order chi connectivity index (χ1) is 8.74. The van der Waals surface area contributed by atoms with Gasteiger partial charge in [-0.15, -0.1) is 0 Å². The second-order valence-corrected chi connectivity index (χ2v) is 3.60. The Hall–Kier alpha value is -2.45. The van der Waals surface area contributed by atoms with Gasteiger partial charge in [0.1, 0.15) is 0 Å². The molecule has 0 unspecified atom stereocenters. The van der Waals surface area contributed by atoms with Gasteiger partial charge in [0.05, 0.1) is 12.8 Å². The van der Waals surface area contributed by atoms with Gasteiger partial charge in [-0.05, 0) is 35.4 Å². The highest BCUT2D eigenvalue weighted by Crippen LogP contribution is 2.27. The second-order valence-electron chi connectivity index (χ2n) is 3.60. The Morgan fingerprint density at radius 2 is 1.94 bits per heavy atom. The number of halogens is 1. The first-order valence-corrected chi connectivity index (χ1v) is 5.26. The maximum Gasteiger partial charge on any atom is 0.240 e. The van der Waals surface area contributed by atoms with E-state index in [2.05, 4.69) is 4.99 Å². The number of hydrogen-bond donors (Lipinski definition) is 0. The molecule has 0 aliphatic rings. The first kappa shape index (κ1) is 12.0. The van der Waals surface area contributed by atoms with Gasteiger partial charge in [0.25, 0.3) is 0 Å². The van der Waals surface area contributed by atoms with E-state index in [1.54, 1.807) is 30.3 Å². The molecule has 0 aromatic heterocycles. The molecule has 90 valence electrons. The largest absolute Gasteiger partial charge is 0.494 e. The fraction of sp³-hybridized carbons (Fsp3) is 0.0714. The number of rotatable bonds is 3. The summed E-state index contributed by atoms with van der Waals surface area (Å²) in [5, 5.41) is 0. The highest BCUT2D eigenvalue weighted by atomic mass is 19.1. The minimum absolute atomic E-state index is 0.195. The van der Waals surface area contributed by atoms with E-state index in [-0.39, 0.29) is 5.75 Å². The van der Waals surface area contributed by atoms with Crippen LogP contribution in [0.1, 0.15) is 0 Å². The van der Waals surface area contributed by atoms with Crippen LogP contribution < -0.4 is 4.74 Å². The summed E-state index contributed by atoms with van der Waals surface area (Å²) in [5.41, 5.74) is 1.95. The molecule has 2 aromatic carbocycles. The van der Waals surface area contributed by atoms with Gasteiger partial charge >= 0.3 is 0 Å². The summed E-state index contributed by atoms with van der Waals surface area (Å²) in [6.07, 6.45) is 1.47. The third-order valence-electron chi connectivity index (χ3n) is 2.51. The van der Waals surface area contributed by atoms with Crippen molar-refractivity contribution in [3.8, 4) is 16.9 Å². The molecular weight excluding hydrogens is 233 g/mol. The van der Waals surface area contributed by atoms with Crippen LogP contribution in [0.15, 0.2) is 47.5 Å². The van der Waals surface area contributed by atoms with E-state index >= 15 is 0 Å². The van der Waals surface area contributed by atoms with E-state index in [1.165, 1.54) is 19.3 Å². The molecule has 2 aromatic rings. The smallest absolute Gasteiger partial charge is 0.240 e. The summed E-state index contributed by atoms with van der Waals surface area (Å²) in [6, 6.07) is 11.6. The van der Waals surface area contributed by atoms with Gasteiger partial charge < -0.3 is 4.74 Å². The lowest BCUT2D eigenvalue weighted by molar-refractivity contribution is 0.386. The molecule has 0 spiro atoms. The number of ether oxygens (including phenoxy) is 1. The van der Waals surface area contributed by atoms with Crippen molar-refractivity contribution in [2.24, 2.45) is 4.99 Å². The molecule has 0 saturated heterocycles. The monoisotopic (exact) mass is 243 g/mol. The van der Waals surface area contributed by atoms with Gasteiger partial charge in [-0.2, -0.15) is 4.99 Å². The standard InChI is InChI=1S/C14H10FNO2/c1-18-14-6-5-11(8-13(14)15)10-3-2-4-12(7-10)16-9-17/h2-8H,1H3. The van der Waals surface area contributed by atoms with E-state index in [1.807, 2.05) is 6.07 Å². The van der Waals surface area contributed by atoms with Gasteiger partial charge in [0.2, 0.25) is 6.08 Å². The Balaban J connectivity index is 2.45. The van der Waals surface area contributed by atoms with E-state index in [0.717, 1.165) is 5.56 Å². The zero-order chi connectivity index (χ0) is 13.0. The van der Waals surface area contributed by atoms with Crippen molar-refractivity contribution in [1.82, 2.24) is 0 Å².